The molecule has 274 valence electrons. The molecule has 55 heavy (non-hydrogen) atoms. The number of fused-ring (bicyclic) bond motifs is 1. The Hall–Kier alpha value is -6.75. The molecule has 0 bridgehead atoms. The molecule has 7 heteroatoms. The smallest absolute Gasteiger partial charge is 0.204 e. The van der Waals surface area contributed by atoms with E-state index in [1.54, 1.807) is 32.0 Å². The van der Waals surface area contributed by atoms with Crippen molar-refractivity contribution in [1.29, 1.82) is 0 Å². The van der Waals surface area contributed by atoms with E-state index >= 15 is 0 Å². The Kier molecular flexibility index (Phi) is 11.3. The SMILES string of the molecule is CC(C)(O)C#Cc1c(OCc2ccccc2)cc(OCc2ccccc2)c2c(=O)c(-c3ccc(OCc4ccccc4)cc3OCc3ccccc3)coc12. The lowest BCUT2D eigenvalue weighted by atomic mass is 10.0. The third-order valence-electron chi connectivity index (χ3n) is 8.67. The molecule has 7 nitrogen and oxygen atoms in total. The van der Waals surface area contributed by atoms with Crippen LogP contribution in [0.3, 0.4) is 0 Å². The van der Waals surface area contributed by atoms with Gasteiger partial charge in [-0.3, -0.25) is 4.79 Å². The predicted octanol–water partition coefficient (Wildman–Crippen LogP) is 9.90. The van der Waals surface area contributed by atoms with Gasteiger partial charge in [-0.05, 0) is 48.2 Å². The van der Waals surface area contributed by atoms with Crippen LogP contribution in [0.5, 0.6) is 23.0 Å². The zero-order chi connectivity index (χ0) is 38.0. The fourth-order valence-corrected chi connectivity index (χ4v) is 5.88. The van der Waals surface area contributed by atoms with Gasteiger partial charge >= 0.3 is 0 Å². The Bertz CT molecular complexity index is 2480. The first-order chi connectivity index (χ1) is 26.8. The van der Waals surface area contributed by atoms with Crippen LogP contribution in [-0.2, 0) is 26.4 Å². The minimum absolute atomic E-state index is 0.175. The van der Waals surface area contributed by atoms with Gasteiger partial charge in [0.25, 0.3) is 0 Å². The average Bonchev–Trinajstić information content (AvgIpc) is 3.21. The van der Waals surface area contributed by atoms with Crippen molar-refractivity contribution in [3.8, 4) is 46.0 Å². The molecular formula is C48H40O7. The molecule has 1 heterocycles. The quantitative estimate of drug-likeness (QED) is 0.118. The third kappa shape index (κ3) is 9.44. The van der Waals surface area contributed by atoms with Crippen molar-refractivity contribution in [1.82, 2.24) is 0 Å². The highest BCUT2D eigenvalue weighted by molar-refractivity contribution is 5.93. The van der Waals surface area contributed by atoms with Crippen molar-refractivity contribution in [3.63, 3.8) is 0 Å². The fraction of sp³-hybridized carbons (Fsp3) is 0.146. The van der Waals surface area contributed by atoms with Gasteiger partial charge in [0.05, 0.1) is 5.56 Å². The van der Waals surface area contributed by atoms with Gasteiger partial charge in [-0.2, -0.15) is 0 Å². The normalized spacial score (nSPS) is 11.0. The number of rotatable bonds is 13. The van der Waals surface area contributed by atoms with E-state index in [9.17, 15) is 9.90 Å². The summed E-state index contributed by atoms with van der Waals surface area (Å²) in [6.07, 6.45) is 1.41. The molecule has 0 saturated carbocycles. The molecule has 0 radical (unpaired) electrons. The summed E-state index contributed by atoms with van der Waals surface area (Å²) < 4.78 is 31.7. The second-order valence-electron chi connectivity index (χ2n) is 13.5. The van der Waals surface area contributed by atoms with Gasteiger partial charge in [-0.15, -0.1) is 0 Å². The standard InChI is InChI=1S/C48H40O7/c1-48(2,50)26-25-40-43(53-31-36-19-11-5-12-20-36)28-44(54-32-37-21-13-6-14-22-37)45-46(49)41(33-55-47(40)45)39-24-23-38(51-29-34-15-7-3-8-16-34)27-42(39)52-30-35-17-9-4-10-18-35/h3-24,27-28,33,50H,29-32H2,1-2H3. The third-order valence-corrected chi connectivity index (χ3v) is 8.67. The van der Waals surface area contributed by atoms with Gasteiger partial charge in [0.2, 0.25) is 5.43 Å². The first-order valence-electron chi connectivity index (χ1n) is 18.0. The van der Waals surface area contributed by atoms with Gasteiger partial charge in [-0.25, -0.2) is 0 Å². The van der Waals surface area contributed by atoms with E-state index < -0.39 is 5.60 Å². The Morgan fingerprint density at radius 1 is 0.564 bits per heavy atom. The second kappa shape index (κ2) is 16.9. The highest BCUT2D eigenvalue weighted by atomic mass is 16.5. The second-order valence-corrected chi connectivity index (χ2v) is 13.5. The maximum absolute atomic E-state index is 14.9. The van der Waals surface area contributed by atoms with E-state index in [-0.39, 0.29) is 47.5 Å². The lowest BCUT2D eigenvalue weighted by Crippen LogP contribution is -2.15. The summed E-state index contributed by atoms with van der Waals surface area (Å²) in [5, 5.41) is 10.8. The zero-order valence-corrected chi connectivity index (χ0v) is 30.7. The number of aliphatic hydroxyl groups is 1. The molecule has 0 fully saturated rings. The van der Waals surface area contributed by atoms with Crippen LogP contribution in [0.4, 0.5) is 0 Å². The van der Waals surface area contributed by atoms with Crippen LogP contribution in [0.25, 0.3) is 22.1 Å². The molecule has 0 atom stereocenters. The Labute approximate surface area is 320 Å². The summed E-state index contributed by atoms with van der Waals surface area (Å²) in [6.45, 7) is 4.21. The van der Waals surface area contributed by atoms with Gasteiger partial charge in [0, 0.05) is 17.7 Å². The molecule has 7 rings (SSSR count). The molecule has 0 spiro atoms. The lowest BCUT2D eigenvalue weighted by Gasteiger charge is -2.17. The molecule has 0 aliphatic heterocycles. The minimum Gasteiger partial charge on any atom is -0.489 e. The maximum Gasteiger partial charge on any atom is 0.204 e. The van der Waals surface area contributed by atoms with Crippen LogP contribution in [0, 0.1) is 11.8 Å². The van der Waals surface area contributed by atoms with Gasteiger partial charge < -0.3 is 28.5 Å². The monoisotopic (exact) mass is 728 g/mol. The number of hydrogen-bond donors (Lipinski definition) is 1. The van der Waals surface area contributed by atoms with Crippen molar-refractivity contribution in [2.75, 3.05) is 0 Å². The van der Waals surface area contributed by atoms with E-state index in [1.807, 2.05) is 127 Å². The molecular weight excluding hydrogens is 689 g/mol. The van der Waals surface area contributed by atoms with Crippen molar-refractivity contribution < 1.29 is 28.5 Å². The van der Waals surface area contributed by atoms with Crippen molar-refractivity contribution in [2.24, 2.45) is 0 Å². The van der Waals surface area contributed by atoms with Crippen LogP contribution >= 0.6 is 0 Å². The van der Waals surface area contributed by atoms with E-state index in [1.165, 1.54) is 6.26 Å². The van der Waals surface area contributed by atoms with Gasteiger partial charge in [0.15, 0.2) is 5.58 Å². The number of hydrogen-bond acceptors (Lipinski definition) is 7. The van der Waals surface area contributed by atoms with Crippen molar-refractivity contribution in [3.05, 3.63) is 190 Å². The summed E-state index contributed by atoms with van der Waals surface area (Å²) >= 11 is 0. The topological polar surface area (TPSA) is 87.4 Å². The molecule has 0 amide bonds. The zero-order valence-electron chi connectivity index (χ0n) is 30.7. The summed E-state index contributed by atoms with van der Waals surface area (Å²) in [6, 6.07) is 46.2. The van der Waals surface area contributed by atoms with E-state index in [0.29, 0.717) is 35.0 Å². The maximum atomic E-state index is 14.9. The van der Waals surface area contributed by atoms with E-state index in [4.69, 9.17) is 23.4 Å². The number of benzene rings is 6. The van der Waals surface area contributed by atoms with Gasteiger partial charge in [-0.1, -0.05) is 133 Å². The largest absolute Gasteiger partial charge is 0.489 e. The molecule has 0 unspecified atom stereocenters. The molecule has 0 aliphatic carbocycles. The number of ether oxygens (including phenoxy) is 4. The molecule has 0 aliphatic rings. The highest BCUT2D eigenvalue weighted by Gasteiger charge is 2.23. The Morgan fingerprint density at radius 2 is 1.04 bits per heavy atom. The van der Waals surface area contributed by atoms with Crippen LogP contribution in [-0.4, -0.2) is 10.7 Å². The van der Waals surface area contributed by atoms with E-state index in [0.717, 1.165) is 22.3 Å². The molecule has 1 N–H and O–H groups in total. The molecule has 7 aromatic rings. The highest BCUT2D eigenvalue weighted by Crippen LogP contribution is 2.39. The summed E-state index contributed by atoms with van der Waals surface area (Å²) in [4.78, 5) is 14.9. The first-order valence-corrected chi connectivity index (χ1v) is 18.0. The molecule has 6 aromatic carbocycles. The summed E-state index contributed by atoms with van der Waals surface area (Å²) in [5.41, 5.74) is 3.41. The average molecular weight is 729 g/mol. The van der Waals surface area contributed by atoms with Crippen LogP contribution in [0.1, 0.15) is 41.7 Å². The predicted molar refractivity (Wildman–Crippen MR) is 214 cm³/mol. The fourth-order valence-electron chi connectivity index (χ4n) is 5.88. The molecule has 0 saturated heterocycles. The Balaban J connectivity index is 1.36. The van der Waals surface area contributed by atoms with Crippen molar-refractivity contribution >= 4 is 11.0 Å². The van der Waals surface area contributed by atoms with E-state index in [2.05, 4.69) is 11.8 Å². The summed E-state index contributed by atoms with van der Waals surface area (Å²) in [7, 11) is 0. The minimum atomic E-state index is -1.33. The lowest BCUT2D eigenvalue weighted by molar-refractivity contribution is 0.143. The first kappa shape index (κ1) is 36.6. The van der Waals surface area contributed by atoms with Crippen LogP contribution < -0.4 is 24.4 Å². The molecule has 1 aromatic heterocycles. The summed E-state index contributed by atoms with van der Waals surface area (Å²) in [5.74, 6) is 7.56. The van der Waals surface area contributed by atoms with Gasteiger partial charge in [0.1, 0.15) is 72.2 Å². The van der Waals surface area contributed by atoms with Crippen LogP contribution in [0.15, 0.2) is 161 Å². The Morgan fingerprint density at radius 3 is 1.55 bits per heavy atom. The van der Waals surface area contributed by atoms with Crippen molar-refractivity contribution in [2.45, 2.75) is 45.9 Å². The van der Waals surface area contributed by atoms with Crippen LogP contribution in [0.2, 0.25) is 0 Å².